The van der Waals surface area contributed by atoms with Crippen molar-refractivity contribution in [3.8, 4) is 11.3 Å². The number of carboxylic acid groups (broad SMARTS) is 1. The molecule has 3 aromatic carbocycles. The monoisotopic (exact) mass is 550 g/mol. The van der Waals surface area contributed by atoms with Crippen LogP contribution in [-0.2, 0) is 15.7 Å². The summed E-state index contributed by atoms with van der Waals surface area (Å²) < 4.78 is 45.8. The van der Waals surface area contributed by atoms with Crippen LogP contribution in [0.2, 0.25) is 0 Å². The number of pyridine rings is 1. The first kappa shape index (κ1) is 26.7. The number of halogens is 3. The summed E-state index contributed by atoms with van der Waals surface area (Å²) in [4.78, 5) is 51.9. The Kier molecular flexibility index (Phi) is 6.88. The van der Waals surface area contributed by atoms with Gasteiger partial charge < -0.3 is 20.1 Å². The number of carbonyl (C=O) groups excluding carboxylic acids is 2. The van der Waals surface area contributed by atoms with Crippen molar-refractivity contribution in [1.29, 1.82) is 0 Å². The van der Waals surface area contributed by atoms with Gasteiger partial charge in [0.2, 0.25) is 5.91 Å². The van der Waals surface area contributed by atoms with E-state index in [1.165, 1.54) is 54.6 Å². The van der Waals surface area contributed by atoms with Gasteiger partial charge in [0.1, 0.15) is 6.61 Å². The number of nitrogens with one attached hydrogen (secondary N) is 2. The Morgan fingerprint density at radius 2 is 1.65 bits per heavy atom. The highest BCUT2D eigenvalue weighted by molar-refractivity contribution is 6.02. The van der Waals surface area contributed by atoms with Gasteiger partial charge in [-0.15, -0.1) is 0 Å². The number of aromatic nitrogens is 1. The first-order chi connectivity index (χ1) is 19.0. The molecule has 0 aliphatic carbocycles. The molecule has 0 saturated carbocycles. The lowest BCUT2D eigenvalue weighted by Crippen LogP contribution is -2.31. The zero-order chi connectivity index (χ0) is 28.6. The fourth-order valence-corrected chi connectivity index (χ4v) is 4.86. The molecular formula is C29H21F3N2O6. The SMILES string of the molecule is O=C(O)c1ccccc1C(=O)OCC1C[C@@H](c2ccc3cc(-c4ccccc4C(F)(F)F)[nH]c(=O)c3c2)C(=O)N1. The maximum atomic E-state index is 13.5. The number of fused-ring (bicyclic) bond motifs is 1. The zero-order valence-corrected chi connectivity index (χ0v) is 20.6. The maximum absolute atomic E-state index is 13.5. The summed E-state index contributed by atoms with van der Waals surface area (Å²) in [6, 6.07) is 16.2. The van der Waals surface area contributed by atoms with Gasteiger partial charge in [-0.2, -0.15) is 13.2 Å². The summed E-state index contributed by atoms with van der Waals surface area (Å²) in [5.41, 5.74) is -1.41. The molecule has 3 N–H and O–H groups in total. The first-order valence-electron chi connectivity index (χ1n) is 12.2. The average molecular weight is 550 g/mol. The number of benzene rings is 3. The Labute approximate surface area is 224 Å². The number of rotatable bonds is 6. The van der Waals surface area contributed by atoms with E-state index >= 15 is 0 Å². The van der Waals surface area contributed by atoms with Crippen LogP contribution in [0.3, 0.4) is 0 Å². The topological polar surface area (TPSA) is 126 Å². The lowest BCUT2D eigenvalue weighted by molar-refractivity contribution is -0.137. The first-order valence-corrected chi connectivity index (χ1v) is 12.2. The smallest absolute Gasteiger partial charge is 0.417 e. The molecule has 11 heteroatoms. The fraction of sp³-hybridized carbons (Fsp3) is 0.172. The molecule has 40 heavy (non-hydrogen) atoms. The molecule has 1 fully saturated rings. The van der Waals surface area contributed by atoms with E-state index in [1.807, 2.05) is 0 Å². The Morgan fingerprint density at radius 3 is 2.38 bits per heavy atom. The maximum Gasteiger partial charge on any atom is 0.417 e. The number of aromatic amines is 1. The molecule has 1 saturated heterocycles. The third kappa shape index (κ3) is 5.18. The third-order valence-corrected chi connectivity index (χ3v) is 6.77. The second-order valence-electron chi connectivity index (χ2n) is 9.35. The summed E-state index contributed by atoms with van der Waals surface area (Å²) in [5.74, 6) is -3.12. The minimum atomic E-state index is -4.60. The fourth-order valence-electron chi connectivity index (χ4n) is 4.86. The van der Waals surface area contributed by atoms with Crippen LogP contribution in [0, 0.1) is 0 Å². The van der Waals surface area contributed by atoms with Crippen LogP contribution in [0.25, 0.3) is 22.0 Å². The molecule has 0 bridgehead atoms. The molecular weight excluding hydrogens is 529 g/mol. The van der Waals surface area contributed by atoms with Gasteiger partial charge in [-0.25, -0.2) is 9.59 Å². The number of aromatic carboxylic acids is 1. The molecule has 4 aromatic rings. The van der Waals surface area contributed by atoms with E-state index in [0.717, 1.165) is 6.07 Å². The number of esters is 1. The Balaban J connectivity index is 1.34. The lowest BCUT2D eigenvalue weighted by atomic mass is 9.93. The highest BCUT2D eigenvalue weighted by atomic mass is 19.4. The van der Waals surface area contributed by atoms with Crippen molar-refractivity contribution in [3.05, 3.63) is 105 Å². The van der Waals surface area contributed by atoms with Gasteiger partial charge in [0.15, 0.2) is 0 Å². The second kappa shape index (κ2) is 10.3. The van der Waals surface area contributed by atoms with Crippen LogP contribution in [-0.4, -0.2) is 40.6 Å². The lowest BCUT2D eigenvalue weighted by Gasteiger charge is -2.14. The average Bonchev–Trinajstić information content (AvgIpc) is 3.31. The molecule has 1 unspecified atom stereocenters. The summed E-state index contributed by atoms with van der Waals surface area (Å²) in [6.45, 7) is -0.189. The number of alkyl halides is 3. The van der Waals surface area contributed by atoms with Gasteiger partial charge in [-0.3, -0.25) is 9.59 Å². The van der Waals surface area contributed by atoms with E-state index in [-0.39, 0.29) is 46.7 Å². The van der Waals surface area contributed by atoms with E-state index in [0.29, 0.717) is 10.9 Å². The molecule has 0 radical (unpaired) electrons. The Morgan fingerprint density at radius 1 is 0.950 bits per heavy atom. The summed E-state index contributed by atoms with van der Waals surface area (Å²) >= 11 is 0. The molecule has 5 rings (SSSR count). The van der Waals surface area contributed by atoms with E-state index in [1.54, 1.807) is 12.1 Å². The van der Waals surface area contributed by atoms with E-state index in [9.17, 15) is 37.5 Å². The zero-order valence-electron chi connectivity index (χ0n) is 20.6. The van der Waals surface area contributed by atoms with Gasteiger partial charge in [0.05, 0.1) is 28.7 Å². The molecule has 2 heterocycles. The molecule has 1 amide bonds. The largest absolute Gasteiger partial charge is 0.478 e. The number of H-pyrrole nitrogens is 1. The van der Waals surface area contributed by atoms with Crippen LogP contribution in [0.15, 0.2) is 77.6 Å². The number of ether oxygens (including phenoxy) is 1. The Hall–Kier alpha value is -4.93. The van der Waals surface area contributed by atoms with Crippen LogP contribution < -0.4 is 10.9 Å². The minimum absolute atomic E-state index is 0.0168. The minimum Gasteiger partial charge on any atom is -0.478 e. The molecule has 204 valence electrons. The Bertz CT molecular complexity index is 1710. The number of amides is 1. The summed E-state index contributed by atoms with van der Waals surface area (Å²) in [6.07, 6.45) is -4.36. The normalized spacial score (nSPS) is 17.0. The van der Waals surface area contributed by atoms with Crippen molar-refractivity contribution < 1.29 is 37.4 Å². The molecule has 8 nitrogen and oxygen atoms in total. The van der Waals surface area contributed by atoms with Gasteiger partial charge in [-0.1, -0.05) is 42.5 Å². The second-order valence-corrected chi connectivity index (χ2v) is 9.35. The van der Waals surface area contributed by atoms with Crippen molar-refractivity contribution in [2.45, 2.75) is 24.6 Å². The number of hydrogen-bond acceptors (Lipinski definition) is 5. The third-order valence-electron chi connectivity index (χ3n) is 6.77. The van der Waals surface area contributed by atoms with E-state index in [4.69, 9.17) is 4.74 Å². The van der Waals surface area contributed by atoms with Crippen molar-refractivity contribution in [3.63, 3.8) is 0 Å². The molecule has 2 atom stereocenters. The van der Waals surface area contributed by atoms with E-state index < -0.39 is 41.2 Å². The van der Waals surface area contributed by atoms with Crippen LogP contribution in [0.1, 0.15) is 44.2 Å². The molecule has 1 aliphatic rings. The number of hydrogen-bond donors (Lipinski definition) is 3. The van der Waals surface area contributed by atoms with E-state index in [2.05, 4.69) is 10.3 Å². The standard InChI is InChI=1S/C29H21F3N2O6/c30-29(31,32)23-8-4-3-7-20(23)24-12-16-10-9-15(11-21(16)26(36)34-24)22-13-17(33-25(22)35)14-40-28(39)19-6-2-1-5-18(19)27(37)38/h1-12,17,22H,13-14H2,(H,33,35)(H,34,36)(H,37,38)/t17?,22-/m0/s1. The van der Waals surface area contributed by atoms with Crippen molar-refractivity contribution in [2.24, 2.45) is 0 Å². The molecule has 1 aliphatic heterocycles. The highest BCUT2D eigenvalue weighted by Gasteiger charge is 2.35. The van der Waals surface area contributed by atoms with Gasteiger partial charge >= 0.3 is 18.1 Å². The predicted molar refractivity (Wildman–Crippen MR) is 138 cm³/mol. The van der Waals surface area contributed by atoms with Crippen LogP contribution in [0.4, 0.5) is 13.2 Å². The van der Waals surface area contributed by atoms with Gasteiger partial charge in [0.25, 0.3) is 5.56 Å². The molecule has 0 spiro atoms. The summed E-state index contributed by atoms with van der Waals surface area (Å²) in [7, 11) is 0. The van der Waals surface area contributed by atoms with Crippen LogP contribution in [0.5, 0.6) is 0 Å². The van der Waals surface area contributed by atoms with Gasteiger partial charge in [0, 0.05) is 16.6 Å². The number of carboxylic acids is 1. The highest BCUT2D eigenvalue weighted by Crippen LogP contribution is 2.37. The molecule has 1 aromatic heterocycles. The summed E-state index contributed by atoms with van der Waals surface area (Å²) in [5, 5.41) is 12.6. The van der Waals surface area contributed by atoms with Crippen molar-refractivity contribution in [2.75, 3.05) is 6.61 Å². The quantitative estimate of drug-likeness (QED) is 0.298. The van der Waals surface area contributed by atoms with Crippen LogP contribution >= 0.6 is 0 Å². The van der Waals surface area contributed by atoms with Gasteiger partial charge in [-0.05, 0) is 47.7 Å². The number of carbonyl (C=O) groups is 3. The predicted octanol–water partition coefficient (Wildman–Crippen LogP) is 4.74. The van der Waals surface area contributed by atoms with Crippen molar-refractivity contribution in [1.82, 2.24) is 10.3 Å². The van der Waals surface area contributed by atoms with Crippen molar-refractivity contribution >= 4 is 28.6 Å².